The van der Waals surface area contributed by atoms with E-state index in [1.807, 2.05) is 41.9 Å². The molecule has 0 atom stereocenters. The van der Waals surface area contributed by atoms with Crippen LogP contribution in [0, 0.1) is 13.8 Å². The molecule has 0 aliphatic heterocycles. The van der Waals surface area contributed by atoms with Crippen LogP contribution in [0.15, 0.2) is 47.7 Å². The monoisotopic (exact) mass is 312 g/mol. The van der Waals surface area contributed by atoms with Gasteiger partial charge in [0.2, 0.25) is 0 Å². The molecule has 4 nitrogen and oxygen atoms in total. The molecule has 112 valence electrons. The molecule has 0 spiro atoms. The second-order valence-electron chi connectivity index (χ2n) is 5.33. The molecule has 0 bridgehead atoms. The highest BCUT2D eigenvalue weighted by Crippen LogP contribution is 2.27. The number of nitrogens with zero attached hydrogens (tertiary/aromatic N) is 3. The fourth-order valence-corrected chi connectivity index (χ4v) is 2.36. The number of rotatable bonds is 3. The van der Waals surface area contributed by atoms with Gasteiger partial charge in [-0.15, -0.1) is 11.6 Å². The summed E-state index contributed by atoms with van der Waals surface area (Å²) in [4.78, 5) is 9.03. The van der Waals surface area contributed by atoms with Gasteiger partial charge in [0.25, 0.3) is 0 Å². The van der Waals surface area contributed by atoms with Gasteiger partial charge in [-0.2, -0.15) is 0 Å². The molecule has 0 amide bonds. The minimum absolute atomic E-state index is 0.220. The highest BCUT2D eigenvalue weighted by Gasteiger charge is 2.07. The van der Waals surface area contributed by atoms with Gasteiger partial charge < -0.3 is 10.1 Å². The summed E-state index contributed by atoms with van der Waals surface area (Å²) < 4.78 is 2.01. The zero-order valence-electron chi connectivity index (χ0n) is 12.5. The summed E-state index contributed by atoms with van der Waals surface area (Å²) in [5.41, 5.74) is 11.7. The highest BCUT2D eigenvalue weighted by molar-refractivity contribution is 6.28. The number of amidine groups is 1. The molecule has 0 aliphatic carbocycles. The van der Waals surface area contributed by atoms with E-state index in [4.69, 9.17) is 17.3 Å². The van der Waals surface area contributed by atoms with E-state index in [0.29, 0.717) is 5.84 Å². The van der Waals surface area contributed by atoms with E-state index >= 15 is 0 Å². The van der Waals surface area contributed by atoms with Crippen molar-refractivity contribution in [1.82, 2.24) is 9.38 Å². The fraction of sp³-hybridized carbons (Fsp3) is 0.176. The Morgan fingerprint density at radius 2 is 2.09 bits per heavy atom. The standard InChI is InChI=1S/C17H17ClN4/c1-11-5-6-22-10-15(21-17(22)7-11)13-4-3-12(2)14(8-13)20-16(19)9-18/h3-8,10H,9H2,1-2H3,(H2,19,20). The zero-order chi connectivity index (χ0) is 15.7. The van der Waals surface area contributed by atoms with Crippen molar-refractivity contribution in [1.29, 1.82) is 0 Å². The summed E-state index contributed by atoms with van der Waals surface area (Å²) in [6.45, 7) is 4.05. The smallest absolute Gasteiger partial charge is 0.137 e. The first-order valence-electron chi connectivity index (χ1n) is 7.02. The Balaban J connectivity index is 2.08. The Morgan fingerprint density at radius 3 is 2.86 bits per heavy atom. The maximum atomic E-state index is 5.74. The van der Waals surface area contributed by atoms with Crippen molar-refractivity contribution < 1.29 is 0 Å². The fourth-order valence-electron chi connectivity index (χ4n) is 2.30. The number of nitrogens with two attached hydrogens (primary N) is 1. The summed E-state index contributed by atoms with van der Waals surface area (Å²) in [5, 5.41) is 0. The van der Waals surface area contributed by atoms with Crippen LogP contribution in [0.2, 0.25) is 0 Å². The number of aliphatic imine (C=N–C) groups is 1. The molecule has 2 heterocycles. The van der Waals surface area contributed by atoms with Crippen LogP contribution in [-0.2, 0) is 0 Å². The molecular formula is C17H17ClN4. The Morgan fingerprint density at radius 1 is 1.27 bits per heavy atom. The van der Waals surface area contributed by atoms with E-state index in [-0.39, 0.29) is 5.88 Å². The van der Waals surface area contributed by atoms with Crippen LogP contribution in [0.1, 0.15) is 11.1 Å². The normalized spacial score (nSPS) is 12.0. The van der Waals surface area contributed by atoms with Gasteiger partial charge in [-0.3, -0.25) is 0 Å². The van der Waals surface area contributed by atoms with Gasteiger partial charge in [-0.25, -0.2) is 9.98 Å². The molecule has 0 fully saturated rings. The average molecular weight is 313 g/mol. The van der Waals surface area contributed by atoms with Gasteiger partial charge in [-0.1, -0.05) is 12.1 Å². The number of alkyl halides is 1. The average Bonchev–Trinajstić information content (AvgIpc) is 2.92. The summed E-state index contributed by atoms with van der Waals surface area (Å²) in [5.74, 6) is 0.629. The first-order chi connectivity index (χ1) is 10.6. The summed E-state index contributed by atoms with van der Waals surface area (Å²) in [6.07, 6.45) is 4.03. The van der Waals surface area contributed by atoms with Crippen LogP contribution in [0.5, 0.6) is 0 Å². The molecule has 22 heavy (non-hydrogen) atoms. The Labute approximate surface area is 134 Å². The van der Waals surface area contributed by atoms with E-state index in [0.717, 1.165) is 28.2 Å². The maximum Gasteiger partial charge on any atom is 0.137 e. The second kappa shape index (κ2) is 5.81. The molecule has 0 aliphatic rings. The van der Waals surface area contributed by atoms with E-state index < -0.39 is 0 Å². The molecule has 0 unspecified atom stereocenters. The minimum Gasteiger partial charge on any atom is -0.386 e. The Hall–Kier alpha value is -2.33. The predicted molar refractivity (Wildman–Crippen MR) is 92.1 cm³/mol. The van der Waals surface area contributed by atoms with Gasteiger partial charge in [0.1, 0.15) is 11.5 Å². The minimum atomic E-state index is 0.220. The number of aromatic nitrogens is 2. The van der Waals surface area contributed by atoms with Crippen molar-refractivity contribution in [3.05, 3.63) is 53.9 Å². The SMILES string of the molecule is Cc1ccn2cc(-c3ccc(C)c(N=C(N)CCl)c3)nc2c1. The molecule has 3 aromatic rings. The van der Waals surface area contributed by atoms with Gasteiger partial charge in [0.15, 0.2) is 0 Å². The van der Waals surface area contributed by atoms with Crippen molar-refractivity contribution in [2.75, 3.05) is 5.88 Å². The van der Waals surface area contributed by atoms with Crippen LogP contribution in [0.25, 0.3) is 16.9 Å². The Bertz CT molecular complexity index is 864. The number of halogens is 1. The summed E-state index contributed by atoms with van der Waals surface area (Å²) >= 11 is 5.71. The third-order valence-electron chi connectivity index (χ3n) is 3.52. The third-order valence-corrected chi connectivity index (χ3v) is 3.80. The lowest BCUT2D eigenvalue weighted by molar-refractivity contribution is 1.17. The topological polar surface area (TPSA) is 55.7 Å². The van der Waals surface area contributed by atoms with Crippen LogP contribution in [-0.4, -0.2) is 21.1 Å². The number of benzene rings is 1. The van der Waals surface area contributed by atoms with Gasteiger partial charge in [-0.05, 0) is 43.2 Å². The lowest BCUT2D eigenvalue weighted by Crippen LogP contribution is -2.12. The van der Waals surface area contributed by atoms with Crippen LogP contribution >= 0.6 is 11.6 Å². The molecule has 0 saturated carbocycles. The first kappa shape index (κ1) is 14.6. The number of imidazole rings is 1. The maximum absolute atomic E-state index is 5.74. The lowest BCUT2D eigenvalue weighted by Gasteiger charge is -2.04. The molecule has 3 rings (SSSR count). The van der Waals surface area contributed by atoms with Crippen molar-refractivity contribution >= 4 is 28.8 Å². The van der Waals surface area contributed by atoms with Crippen molar-refractivity contribution in [2.24, 2.45) is 10.7 Å². The zero-order valence-corrected chi connectivity index (χ0v) is 13.3. The van der Waals surface area contributed by atoms with E-state index in [9.17, 15) is 0 Å². The molecule has 0 radical (unpaired) electrons. The molecule has 0 saturated heterocycles. The molecular weight excluding hydrogens is 296 g/mol. The number of hydrogen-bond donors (Lipinski definition) is 1. The summed E-state index contributed by atoms with van der Waals surface area (Å²) in [7, 11) is 0. The van der Waals surface area contributed by atoms with Gasteiger partial charge in [0, 0.05) is 18.0 Å². The number of hydrogen-bond acceptors (Lipinski definition) is 2. The largest absolute Gasteiger partial charge is 0.386 e. The third kappa shape index (κ3) is 2.83. The quantitative estimate of drug-likeness (QED) is 0.454. The van der Waals surface area contributed by atoms with Crippen LogP contribution in [0.4, 0.5) is 5.69 Å². The second-order valence-corrected chi connectivity index (χ2v) is 5.60. The molecule has 2 N–H and O–H groups in total. The van der Waals surface area contributed by atoms with E-state index in [2.05, 4.69) is 29.0 Å². The molecule has 1 aromatic carbocycles. The first-order valence-corrected chi connectivity index (χ1v) is 7.55. The number of aryl methyl sites for hydroxylation is 2. The van der Waals surface area contributed by atoms with Gasteiger partial charge in [0.05, 0.1) is 17.3 Å². The van der Waals surface area contributed by atoms with Crippen molar-refractivity contribution in [2.45, 2.75) is 13.8 Å². The van der Waals surface area contributed by atoms with E-state index in [1.165, 1.54) is 5.56 Å². The van der Waals surface area contributed by atoms with Crippen molar-refractivity contribution in [3.63, 3.8) is 0 Å². The van der Waals surface area contributed by atoms with Gasteiger partial charge >= 0.3 is 0 Å². The van der Waals surface area contributed by atoms with Crippen LogP contribution in [0.3, 0.4) is 0 Å². The summed E-state index contributed by atoms with van der Waals surface area (Å²) in [6, 6.07) is 10.2. The highest BCUT2D eigenvalue weighted by atomic mass is 35.5. The van der Waals surface area contributed by atoms with E-state index in [1.54, 1.807) is 0 Å². The molecule has 2 aromatic heterocycles. The Kier molecular flexibility index (Phi) is 3.86. The number of fused-ring (bicyclic) bond motifs is 1. The van der Waals surface area contributed by atoms with Crippen LogP contribution < -0.4 is 5.73 Å². The lowest BCUT2D eigenvalue weighted by atomic mass is 10.1. The number of pyridine rings is 1. The molecule has 5 heteroatoms. The predicted octanol–water partition coefficient (Wildman–Crippen LogP) is 3.85. The van der Waals surface area contributed by atoms with Crippen molar-refractivity contribution in [3.8, 4) is 11.3 Å².